The molecule has 0 amide bonds. The van der Waals surface area contributed by atoms with Gasteiger partial charge in [-0.05, 0) is 36.2 Å². The van der Waals surface area contributed by atoms with Gasteiger partial charge in [0.2, 0.25) is 0 Å². The molecule has 0 radical (unpaired) electrons. The van der Waals surface area contributed by atoms with Crippen molar-refractivity contribution in [2.75, 3.05) is 5.73 Å². The lowest BCUT2D eigenvalue weighted by molar-refractivity contribution is 0.890. The van der Waals surface area contributed by atoms with Gasteiger partial charge in [0, 0.05) is 12.1 Å². The zero-order valence-corrected chi connectivity index (χ0v) is 10.1. The number of aromatic nitrogens is 2. The summed E-state index contributed by atoms with van der Waals surface area (Å²) in [6.45, 7) is 0. The number of hydrogen-bond donors (Lipinski definition) is 2. The summed E-state index contributed by atoms with van der Waals surface area (Å²) in [5, 5.41) is 0. The third-order valence-electron chi connectivity index (χ3n) is 3.04. The minimum atomic E-state index is 0.817. The summed E-state index contributed by atoms with van der Waals surface area (Å²) >= 11 is 0. The van der Waals surface area contributed by atoms with Crippen LogP contribution in [0.3, 0.4) is 0 Å². The van der Waals surface area contributed by atoms with E-state index in [-0.39, 0.29) is 0 Å². The maximum absolute atomic E-state index is 5.77. The molecule has 3 N–H and O–H groups in total. The number of fused-ring (bicyclic) bond motifs is 1. The molecule has 0 aliphatic rings. The zero-order valence-electron chi connectivity index (χ0n) is 10.1. The van der Waals surface area contributed by atoms with Gasteiger partial charge >= 0.3 is 0 Å². The van der Waals surface area contributed by atoms with E-state index in [2.05, 4.69) is 16.0 Å². The molecule has 3 rings (SSSR count). The Kier molecular flexibility index (Phi) is 2.73. The molecule has 0 atom stereocenters. The van der Waals surface area contributed by atoms with Gasteiger partial charge in [0.05, 0.1) is 11.0 Å². The lowest BCUT2D eigenvalue weighted by Gasteiger charge is -2.00. The van der Waals surface area contributed by atoms with Crippen molar-refractivity contribution >= 4 is 16.7 Å². The zero-order chi connectivity index (χ0) is 12.4. The minimum Gasteiger partial charge on any atom is -0.399 e. The molecule has 1 aromatic heterocycles. The monoisotopic (exact) mass is 237 g/mol. The van der Waals surface area contributed by atoms with Crippen LogP contribution in [0, 0.1) is 0 Å². The van der Waals surface area contributed by atoms with E-state index < -0.39 is 0 Å². The second-order valence-electron chi connectivity index (χ2n) is 4.45. The van der Waals surface area contributed by atoms with E-state index in [0.29, 0.717) is 0 Å². The first kappa shape index (κ1) is 10.8. The van der Waals surface area contributed by atoms with Gasteiger partial charge in [-0.3, -0.25) is 0 Å². The molecule has 1 heterocycles. The number of para-hydroxylation sites is 2. The molecule has 0 bridgehead atoms. The Bertz CT molecular complexity index is 637. The van der Waals surface area contributed by atoms with E-state index in [9.17, 15) is 0 Å². The molecule has 3 nitrogen and oxygen atoms in total. The van der Waals surface area contributed by atoms with Gasteiger partial charge in [0.15, 0.2) is 0 Å². The largest absolute Gasteiger partial charge is 0.399 e. The topological polar surface area (TPSA) is 54.7 Å². The van der Waals surface area contributed by atoms with Gasteiger partial charge in [-0.2, -0.15) is 0 Å². The molecule has 0 saturated heterocycles. The highest BCUT2D eigenvalue weighted by Gasteiger charge is 2.02. The van der Waals surface area contributed by atoms with Crippen LogP contribution in [0.25, 0.3) is 11.0 Å². The highest BCUT2D eigenvalue weighted by Crippen LogP contribution is 2.13. The van der Waals surface area contributed by atoms with Crippen LogP contribution >= 0.6 is 0 Å². The number of anilines is 1. The van der Waals surface area contributed by atoms with Gasteiger partial charge in [-0.15, -0.1) is 0 Å². The predicted molar refractivity (Wildman–Crippen MR) is 74.4 cm³/mol. The fourth-order valence-electron chi connectivity index (χ4n) is 2.14. The van der Waals surface area contributed by atoms with Crippen LogP contribution < -0.4 is 5.73 Å². The molecular formula is C15H15N3. The second-order valence-corrected chi connectivity index (χ2v) is 4.45. The van der Waals surface area contributed by atoms with Crippen LogP contribution in [0.2, 0.25) is 0 Å². The SMILES string of the molecule is Nc1cccc(CCc2nc3ccccc3[nH]2)c1. The van der Waals surface area contributed by atoms with E-state index in [1.807, 2.05) is 42.5 Å². The third kappa shape index (κ3) is 2.20. The van der Waals surface area contributed by atoms with E-state index in [1.165, 1.54) is 5.56 Å². The fourth-order valence-corrected chi connectivity index (χ4v) is 2.14. The summed E-state index contributed by atoms with van der Waals surface area (Å²) in [4.78, 5) is 7.90. The highest BCUT2D eigenvalue weighted by atomic mass is 14.9. The van der Waals surface area contributed by atoms with Gasteiger partial charge < -0.3 is 10.7 Å². The summed E-state index contributed by atoms with van der Waals surface area (Å²) in [6.07, 6.45) is 1.85. The Labute approximate surface area is 106 Å². The Balaban J connectivity index is 1.76. The van der Waals surface area contributed by atoms with Gasteiger partial charge in [-0.1, -0.05) is 24.3 Å². The Morgan fingerprint density at radius 1 is 1.00 bits per heavy atom. The molecule has 0 unspecified atom stereocenters. The number of benzene rings is 2. The maximum Gasteiger partial charge on any atom is 0.107 e. The van der Waals surface area contributed by atoms with Crippen molar-refractivity contribution in [2.45, 2.75) is 12.8 Å². The van der Waals surface area contributed by atoms with E-state index in [4.69, 9.17) is 5.73 Å². The highest BCUT2D eigenvalue weighted by molar-refractivity contribution is 5.74. The molecule has 0 fully saturated rings. The van der Waals surface area contributed by atoms with Crippen molar-refractivity contribution in [1.82, 2.24) is 9.97 Å². The number of hydrogen-bond acceptors (Lipinski definition) is 2. The van der Waals surface area contributed by atoms with Crippen molar-refractivity contribution in [2.24, 2.45) is 0 Å². The summed E-state index contributed by atoms with van der Waals surface area (Å²) in [6, 6.07) is 16.1. The summed E-state index contributed by atoms with van der Waals surface area (Å²) < 4.78 is 0. The molecule has 0 spiro atoms. The van der Waals surface area contributed by atoms with E-state index in [0.717, 1.165) is 35.4 Å². The quantitative estimate of drug-likeness (QED) is 0.688. The fraction of sp³-hybridized carbons (Fsp3) is 0.133. The van der Waals surface area contributed by atoms with Crippen LogP contribution in [-0.4, -0.2) is 9.97 Å². The van der Waals surface area contributed by atoms with Gasteiger partial charge in [0.25, 0.3) is 0 Å². The van der Waals surface area contributed by atoms with Crippen LogP contribution in [0.4, 0.5) is 5.69 Å². The summed E-state index contributed by atoms with van der Waals surface area (Å²) in [5.41, 5.74) is 9.95. The number of aromatic amines is 1. The molecule has 90 valence electrons. The third-order valence-corrected chi connectivity index (χ3v) is 3.04. The number of nitrogen functional groups attached to an aromatic ring is 1. The molecule has 3 aromatic rings. The van der Waals surface area contributed by atoms with Crippen LogP contribution in [0.5, 0.6) is 0 Å². The smallest absolute Gasteiger partial charge is 0.107 e. The van der Waals surface area contributed by atoms with Crippen molar-refractivity contribution in [3.63, 3.8) is 0 Å². The normalized spacial score (nSPS) is 10.9. The lowest BCUT2D eigenvalue weighted by Crippen LogP contribution is -1.94. The molecule has 0 aliphatic carbocycles. The van der Waals surface area contributed by atoms with Crippen molar-refractivity contribution in [3.8, 4) is 0 Å². The standard InChI is InChI=1S/C15H15N3/c16-12-5-3-4-11(10-12)8-9-15-17-13-6-1-2-7-14(13)18-15/h1-7,10H,8-9,16H2,(H,17,18). The molecule has 0 aliphatic heterocycles. The summed E-state index contributed by atoms with van der Waals surface area (Å²) in [5.74, 6) is 1.03. The van der Waals surface area contributed by atoms with Crippen LogP contribution in [0.1, 0.15) is 11.4 Å². The average Bonchev–Trinajstić information content (AvgIpc) is 2.79. The molecule has 0 saturated carbocycles. The number of nitrogens with two attached hydrogens (primary N) is 1. The van der Waals surface area contributed by atoms with Gasteiger partial charge in [0.1, 0.15) is 5.82 Å². The molecule has 18 heavy (non-hydrogen) atoms. The molecular weight excluding hydrogens is 222 g/mol. The number of nitrogens with one attached hydrogen (secondary N) is 1. The lowest BCUT2D eigenvalue weighted by atomic mass is 10.1. The van der Waals surface area contributed by atoms with Crippen LogP contribution in [-0.2, 0) is 12.8 Å². The summed E-state index contributed by atoms with van der Waals surface area (Å²) in [7, 11) is 0. The number of H-pyrrole nitrogens is 1. The number of aryl methyl sites for hydroxylation is 2. The minimum absolute atomic E-state index is 0.817. The Hall–Kier alpha value is -2.29. The second kappa shape index (κ2) is 4.53. The number of nitrogens with zero attached hydrogens (tertiary/aromatic N) is 1. The maximum atomic E-state index is 5.77. The average molecular weight is 237 g/mol. The molecule has 2 aromatic carbocycles. The number of rotatable bonds is 3. The van der Waals surface area contributed by atoms with Crippen molar-refractivity contribution < 1.29 is 0 Å². The first-order valence-electron chi connectivity index (χ1n) is 6.09. The van der Waals surface area contributed by atoms with Gasteiger partial charge in [-0.25, -0.2) is 4.98 Å². The first-order valence-corrected chi connectivity index (χ1v) is 6.09. The first-order chi connectivity index (χ1) is 8.81. The van der Waals surface area contributed by atoms with Crippen molar-refractivity contribution in [1.29, 1.82) is 0 Å². The number of imidazole rings is 1. The molecule has 3 heteroatoms. The Morgan fingerprint density at radius 3 is 2.72 bits per heavy atom. The van der Waals surface area contributed by atoms with E-state index in [1.54, 1.807) is 0 Å². The Morgan fingerprint density at radius 2 is 1.89 bits per heavy atom. The van der Waals surface area contributed by atoms with Crippen LogP contribution in [0.15, 0.2) is 48.5 Å². The van der Waals surface area contributed by atoms with Crippen molar-refractivity contribution in [3.05, 3.63) is 59.9 Å². The van der Waals surface area contributed by atoms with E-state index >= 15 is 0 Å². The predicted octanol–water partition coefficient (Wildman–Crippen LogP) is 2.93.